The van der Waals surface area contributed by atoms with Crippen LogP contribution >= 0.6 is 23.6 Å². The van der Waals surface area contributed by atoms with E-state index < -0.39 is 0 Å². The Morgan fingerprint density at radius 2 is 2.11 bits per heavy atom. The Kier molecular flexibility index (Phi) is 3.04. The molecule has 0 saturated carbocycles. The van der Waals surface area contributed by atoms with Gasteiger partial charge in [0.2, 0.25) is 0 Å². The van der Waals surface area contributed by atoms with Crippen molar-refractivity contribution in [3.05, 3.63) is 56.0 Å². The molecule has 0 amide bonds. The van der Waals surface area contributed by atoms with Crippen LogP contribution in [0.4, 0.5) is 0 Å². The minimum atomic E-state index is -0.120. The van der Waals surface area contributed by atoms with Gasteiger partial charge in [0.1, 0.15) is 10.5 Å². The lowest BCUT2D eigenvalue weighted by Gasteiger charge is -2.04. The van der Waals surface area contributed by atoms with Gasteiger partial charge in [-0.05, 0) is 24.7 Å². The summed E-state index contributed by atoms with van der Waals surface area (Å²) in [6.45, 7) is 2.41. The second kappa shape index (κ2) is 4.71. The van der Waals surface area contributed by atoms with E-state index in [1.807, 2.05) is 34.9 Å². The molecule has 96 valence electrons. The molecule has 6 heteroatoms. The van der Waals surface area contributed by atoms with Gasteiger partial charge in [-0.1, -0.05) is 41.7 Å². The maximum Gasteiger partial charge on any atom is 0.270 e. The number of aromatic amines is 1. The van der Waals surface area contributed by atoms with Crippen LogP contribution in [0.25, 0.3) is 10.3 Å². The van der Waals surface area contributed by atoms with Crippen molar-refractivity contribution in [1.82, 2.24) is 14.5 Å². The molecule has 19 heavy (non-hydrogen) atoms. The zero-order valence-corrected chi connectivity index (χ0v) is 11.8. The lowest BCUT2D eigenvalue weighted by Crippen LogP contribution is -2.10. The average molecular weight is 289 g/mol. The largest absolute Gasteiger partial charge is 0.309 e. The highest BCUT2D eigenvalue weighted by molar-refractivity contribution is 7.73. The molecule has 1 N–H and O–H groups in total. The van der Waals surface area contributed by atoms with Crippen molar-refractivity contribution in [2.45, 2.75) is 13.5 Å². The number of H-pyrrole nitrogens is 1. The van der Waals surface area contributed by atoms with Crippen LogP contribution < -0.4 is 5.56 Å². The molecule has 0 fully saturated rings. The predicted octanol–water partition coefficient (Wildman–Crippen LogP) is 2.87. The third-order valence-corrected chi connectivity index (χ3v) is 4.26. The highest BCUT2D eigenvalue weighted by Gasteiger charge is 2.10. The second-order valence-electron chi connectivity index (χ2n) is 4.24. The van der Waals surface area contributed by atoms with Crippen LogP contribution in [0, 0.1) is 10.9 Å². The van der Waals surface area contributed by atoms with E-state index in [0.717, 1.165) is 5.56 Å². The number of rotatable bonds is 2. The number of fused-ring (bicyclic) bond motifs is 1. The van der Waals surface area contributed by atoms with Crippen molar-refractivity contribution in [2.75, 3.05) is 0 Å². The standard InChI is InChI=1S/C13H11N3OS2/c1-8-14-11-10(12(17)15-8)19-13(18)16(11)7-9-5-3-2-4-6-9/h2-6H,7H2,1H3,(H,14,15,17). The molecule has 0 aliphatic rings. The molecule has 0 aliphatic carbocycles. The molecule has 0 atom stereocenters. The molecule has 0 bridgehead atoms. The van der Waals surface area contributed by atoms with E-state index in [2.05, 4.69) is 9.97 Å². The van der Waals surface area contributed by atoms with Crippen LogP contribution in [0.5, 0.6) is 0 Å². The number of aryl methyl sites for hydroxylation is 1. The zero-order valence-electron chi connectivity index (χ0n) is 10.2. The first kappa shape index (κ1) is 12.3. The Labute approximate surface area is 118 Å². The summed E-state index contributed by atoms with van der Waals surface area (Å²) in [5.74, 6) is 0.604. The molecule has 2 aromatic heterocycles. The van der Waals surface area contributed by atoms with Gasteiger partial charge >= 0.3 is 0 Å². The normalized spacial score (nSPS) is 11.0. The predicted molar refractivity (Wildman–Crippen MR) is 79.3 cm³/mol. The maximum absolute atomic E-state index is 11.9. The molecule has 0 aliphatic heterocycles. The first-order valence-electron chi connectivity index (χ1n) is 5.79. The fraction of sp³-hybridized carbons (Fsp3) is 0.154. The van der Waals surface area contributed by atoms with Crippen molar-refractivity contribution in [3.8, 4) is 0 Å². The summed E-state index contributed by atoms with van der Waals surface area (Å²) in [5, 5.41) is 0. The minimum Gasteiger partial charge on any atom is -0.309 e. The SMILES string of the molecule is Cc1nc2c(sc(=S)n2Cc2ccccc2)c(=O)[nH]1. The number of nitrogens with one attached hydrogen (secondary N) is 1. The molecule has 4 nitrogen and oxygen atoms in total. The van der Waals surface area contributed by atoms with Gasteiger partial charge in [-0.15, -0.1) is 0 Å². The highest BCUT2D eigenvalue weighted by Crippen LogP contribution is 2.19. The lowest BCUT2D eigenvalue weighted by molar-refractivity contribution is 0.814. The smallest absolute Gasteiger partial charge is 0.270 e. The molecule has 0 spiro atoms. The molecule has 0 unspecified atom stereocenters. The summed E-state index contributed by atoms with van der Waals surface area (Å²) in [5.41, 5.74) is 1.68. The Bertz CT molecular complexity index is 846. The summed E-state index contributed by atoms with van der Waals surface area (Å²) in [4.78, 5) is 19.0. The molecule has 1 aromatic carbocycles. The molecular weight excluding hydrogens is 278 g/mol. The fourth-order valence-electron chi connectivity index (χ4n) is 1.97. The maximum atomic E-state index is 11.9. The number of benzene rings is 1. The second-order valence-corrected chi connectivity index (χ2v) is 5.89. The van der Waals surface area contributed by atoms with Crippen LogP contribution in [-0.2, 0) is 6.54 Å². The van der Waals surface area contributed by atoms with Gasteiger partial charge in [-0.3, -0.25) is 4.79 Å². The molecule has 3 rings (SSSR count). The van der Waals surface area contributed by atoms with Crippen LogP contribution in [-0.4, -0.2) is 14.5 Å². The third-order valence-electron chi connectivity index (χ3n) is 2.83. The average Bonchev–Trinajstić information content (AvgIpc) is 2.69. The van der Waals surface area contributed by atoms with E-state index >= 15 is 0 Å². The summed E-state index contributed by atoms with van der Waals surface area (Å²) < 4.78 is 3.17. The van der Waals surface area contributed by atoms with Gasteiger partial charge < -0.3 is 9.55 Å². The van der Waals surface area contributed by atoms with Gasteiger partial charge in [0, 0.05) is 0 Å². The third kappa shape index (κ3) is 2.24. The molecule has 0 saturated heterocycles. The van der Waals surface area contributed by atoms with E-state index in [1.54, 1.807) is 6.92 Å². The monoisotopic (exact) mass is 289 g/mol. The Balaban J connectivity index is 2.21. The molecular formula is C13H11N3OS2. The lowest BCUT2D eigenvalue weighted by atomic mass is 10.2. The van der Waals surface area contributed by atoms with Crippen LogP contribution in [0.1, 0.15) is 11.4 Å². The highest BCUT2D eigenvalue weighted by atomic mass is 32.1. The van der Waals surface area contributed by atoms with Gasteiger partial charge in [0.05, 0.1) is 6.54 Å². The van der Waals surface area contributed by atoms with E-state index in [1.165, 1.54) is 11.3 Å². The molecule has 2 heterocycles. The quantitative estimate of drug-likeness (QED) is 0.738. The first-order valence-corrected chi connectivity index (χ1v) is 7.02. The summed E-state index contributed by atoms with van der Waals surface area (Å²) in [6.07, 6.45) is 0. The molecule has 3 aromatic rings. The van der Waals surface area contributed by atoms with Crippen molar-refractivity contribution in [1.29, 1.82) is 0 Å². The van der Waals surface area contributed by atoms with Gasteiger partial charge in [0.25, 0.3) is 5.56 Å². The van der Waals surface area contributed by atoms with Gasteiger partial charge in [-0.2, -0.15) is 0 Å². The van der Waals surface area contributed by atoms with Crippen LogP contribution in [0.2, 0.25) is 0 Å². The van der Waals surface area contributed by atoms with E-state index in [-0.39, 0.29) is 5.56 Å². The number of aromatic nitrogens is 3. The van der Waals surface area contributed by atoms with Crippen molar-refractivity contribution in [3.63, 3.8) is 0 Å². The number of thiazole rings is 1. The Morgan fingerprint density at radius 3 is 2.84 bits per heavy atom. The summed E-state index contributed by atoms with van der Waals surface area (Å²) in [6, 6.07) is 10.0. The van der Waals surface area contributed by atoms with Crippen molar-refractivity contribution in [2.24, 2.45) is 0 Å². The summed E-state index contributed by atoms with van der Waals surface area (Å²) >= 11 is 6.65. The Hall–Kier alpha value is -1.79. The van der Waals surface area contributed by atoms with E-state index in [4.69, 9.17) is 12.2 Å². The van der Waals surface area contributed by atoms with Crippen molar-refractivity contribution < 1.29 is 0 Å². The van der Waals surface area contributed by atoms with E-state index in [9.17, 15) is 4.79 Å². The van der Waals surface area contributed by atoms with Crippen molar-refractivity contribution >= 4 is 33.9 Å². The number of hydrogen-bond acceptors (Lipinski definition) is 4. The topological polar surface area (TPSA) is 50.7 Å². The number of hydrogen-bond donors (Lipinski definition) is 1. The first-order chi connectivity index (χ1) is 9.15. The fourth-order valence-corrected chi connectivity index (χ4v) is 3.20. The minimum absolute atomic E-state index is 0.120. The van der Waals surface area contributed by atoms with E-state index in [0.29, 0.717) is 26.7 Å². The van der Waals surface area contributed by atoms with Gasteiger partial charge in [-0.25, -0.2) is 4.98 Å². The number of nitrogens with zero attached hydrogens (tertiary/aromatic N) is 2. The zero-order chi connectivity index (χ0) is 13.4. The van der Waals surface area contributed by atoms with Gasteiger partial charge in [0.15, 0.2) is 9.60 Å². The van der Waals surface area contributed by atoms with Crippen LogP contribution in [0.3, 0.4) is 0 Å². The molecule has 0 radical (unpaired) electrons. The summed E-state index contributed by atoms with van der Waals surface area (Å²) in [7, 11) is 0. The Morgan fingerprint density at radius 1 is 1.37 bits per heavy atom. The van der Waals surface area contributed by atoms with Crippen LogP contribution in [0.15, 0.2) is 35.1 Å².